The van der Waals surface area contributed by atoms with Gasteiger partial charge in [0.2, 0.25) is 5.95 Å². The molecule has 0 spiro atoms. The molecule has 1 fully saturated rings. The van der Waals surface area contributed by atoms with E-state index in [1.165, 1.54) is 0 Å². The fourth-order valence-electron chi connectivity index (χ4n) is 4.47. The molecule has 3 heterocycles. The molecule has 37 heavy (non-hydrogen) atoms. The molecule has 0 bridgehead atoms. The molecule has 194 valence electrons. The van der Waals surface area contributed by atoms with Crippen molar-refractivity contribution >= 4 is 23.5 Å². The van der Waals surface area contributed by atoms with Crippen molar-refractivity contribution in [1.29, 1.82) is 0 Å². The zero-order valence-electron chi connectivity index (χ0n) is 20.3. The Bertz CT molecular complexity index is 1290. The lowest BCUT2D eigenvalue weighted by Gasteiger charge is -2.28. The normalized spacial score (nSPS) is 16.8. The number of methoxy groups -OCH3 is 1. The number of benzene rings is 2. The number of halogens is 1. The molecule has 0 radical (unpaired) electrons. The van der Waals surface area contributed by atoms with Gasteiger partial charge in [0.05, 0.1) is 49.3 Å². The van der Waals surface area contributed by atoms with Crippen LogP contribution >= 0.6 is 11.6 Å². The summed E-state index contributed by atoms with van der Waals surface area (Å²) in [6.07, 6.45) is 0.508. The highest BCUT2D eigenvalue weighted by Crippen LogP contribution is 2.31. The highest BCUT2D eigenvalue weighted by atomic mass is 35.5. The van der Waals surface area contributed by atoms with Crippen molar-refractivity contribution in [3.63, 3.8) is 0 Å². The summed E-state index contributed by atoms with van der Waals surface area (Å²) in [5.74, 6) is 0.951. The van der Waals surface area contributed by atoms with Gasteiger partial charge in [0.15, 0.2) is 0 Å². The van der Waals surface area contributed by atoms with Gasteiger partial charge >= 0.3 is 0 Å². The van der Waals surface area contributed by atoms with Crippen LogP contribution in [0.15, 0.2) is 48.7 Å². The first kappa shape index (κ1) is 25.4. The van der Waals surface area contributed by atoms with E-state index in [-0.39, 0.29) is 25.1 Å². The number of hydrogen-bond donors (Lipinski definition) is 5. The third kappa shape index (κ3) is 5.53. The molecule has 5 N–H and O–H groups in total. The molecular weight excluding hydrogens is 496 g/mol. The van der Waals surface area contributed by atoms with Crippen molar-refractivity contribution in [2.24, 2.45) is 0 Å². The monoisotopic (exact) mass is 524 g/mol. The lowest BCUT2D eigenvalue weighted by molar-refractivity contribution is 0.0496. The van der Waals surface area contributed by atoms with Gasteiger partial charge in [-0.25, -0.2) is 9.97 Å². The zero-order chi connectivity index (χ0) is 25.9. The van der Waals surface area contributed by atoms with Gasteiger partial charge in [-0.05, 0) is 29.3 Å². The SMILES string of the molecule is COc1cccc([C@@H](CO)NC(O)CN2Cc3ccc(-c4nc(NC5CNC5)ncc4Cl)cc3C2=O)c1. The molecule has 1 saturated heterocycles. The summed E-state index contributed by atoms with van der Waals surface area (Å²) < 4.78 is 5.24. The molecule has 2 aromatic carbocycles. The first-order valence-electron chi connectivity index (χ1n) is 12.1. The van der Waals surface area contributed by atoms with Crippen LogP contribution in [0, 0.1) is 0 Å². The van der Waals surface area contributed by atoms with Crippen LogP contribution in [0.4, 0.5) is 5.95 Å². The van der Waals surface area contributed by atoms with E-state index < -0.39 is 12.3 Å². The van der Waals surface area contributed by atoms with Crippen molar-refractivity contribution in [2.45, 2.75) is 24.9 Å². The Kier molecular flexibility index (Phi) is 7.54. The largest absolute Gasteiger partial charge is 0.497 e. The van der Waals surface area contributed by atoms with E-state index in [2.05, 4.69) is 25.9 Å². The van der Waals surface area contributed by atoms with Gasteiger partial charge in [0.1, 0.15) is 12.0 Å². The van der Waals surface area contributed by atoms with Gasteiger partial charge < -0.3 is 30.5 Å². The lowest BCUT2D eigenvalue weighted by atomic mass is 10.0. The third-order valence-electron chi connectivity index (χ3n) is 6.59. The molecular formula is C26H29ClN6O4. The number of β-amino-alcohol motifs (C(OH)–C–C–N with tert-alkyl or cyclic N) is 1. The van der Waals surface area contributed by atoms with Crippen molar-refractivity contribution in [1.82, 2.24) is 25.5 Å². The number of aliphatic hydroxyl groups is 2. The molecule has 0 aliphatic carbocycles. The van der Waals surface area contributed by atoms with E-state index >= 15 is 0 Å². The number of fused-ring (bicyclic) bond motifs is 1. The molecule has 11 heteroatoms. The minimum atomic E-state index is -1.05. The maximum absolute atomic E-state index is 13.2. The van der Waals surface area contributed by atoms with Gasteiger partial charge in [-0.15, -0.1) is 0 Å². The van der Waals surface area contributed by atoms with Gasteiger partial charge in [0.25, 0.3) is 5.91 Å². The Labute approximate surface area is 219 Å². The molecule has 0 saturated carbocycles. The summed E-state index contributed by atoms with van der Waals surface area (Å²) in [7, 11) is 1.57. The summed E-state index contributed by atoms with van der Waals surface area (Å²) in [5, 5.41) is 30.4. The third-order valence-corrected chi connectivity index (χ3v) is 6.86. The fourth-order valence-corrected chi connectivity index (χ4v) is 4.67. The van der Waals surface area contributed by atoms with Crippen LogP contribution in [0.25, 0.3) is 11.3 Å². The number of hydrogen-bond acceptors (Lipinski definition) is 9. The zero-order valence-corrected chi connectivity index (χ0v) is 21.1. The van der Waals surface area contributed by atoms with Crippen LogP contribution in [0.2, 0.25) is 5.02 Å². The Hall–Kier alpha value is -3.28. The molecule has 3 aromatic rings. The minimum Gasteiger partial charge on any atom is -0.497 e. The van der Waals surface area contributed by atoms with Crippen LogP contribution in [0.5, 0.6) is 5.75 Å². The van der Waals surface area contributed by atoms with Crippen molar-refractivity contribution in [3.8, 4) is 17.0 Å². The average Bonchev–Trinajstić information content (AvgIpc) is 3.19. The molecule has 1 aromatic heterocycles. The predicted molar refractivity (Wildman–Crippen MR) is 139 cm³/mol. The number of nitrogens with one attached hydrogen (secondary N) is 3. The minimum absolute atomic E-state index is 0.0566. The Morgan fingerprint density at radius 1 is 1.27 bits per heavy atom. The smallest absolute Gasteiger partial charge is 0.254 e. The predicted octanol–water partition coefficient (Wildman–Crippen LogP) is 1.79. The number of rotatable bonds is 10. The van der Waals surface area contributed by atoms with E-state index in [9.17, 15) is 15.0 Å². The van der Waals surface area contributed by atoms with E-state index in [0.29, 0.717) is 40.1 Å². The first-order chi connectivity index (χ1) is 17.9. The van der Waals surface area contributed by atoms with Crippen molar-refractivity contribution < 1.29 is 19.7 Å². The van der Waals surface area contributed by atoms with Crippen LogP contribution in [0.1, 0.15) is 27.5 Å². The van der Waals surface area contributed by atoms with Gasteiger partial charge in [-0.3, -0.25) is 10.1 Å². The molecule has 10 nitrogen and oxygen atoms in total. The van der Waals surface area contributed by atoms with E-state index in [0.717, 1.165) is 24.2 Å². The van der Waals surface area contributed by atoms with Gasteiger partial charge in [-0.1, -0.05) is 35.9 Å². The molecule has 5 rings (SSSR count). The van der Waals surface area contributed by atoms with Crippen LogP contribution in [-0.2, 0) is 6.54 Å². The highest BCUT2D eigenvalue weighted by Gasteiger charge is 2.30. The lowest BCUT2D eigenvalue weighted by Crippen LogP contribution is -2.51. The summed E-state index contributed by atoms with van der Waals surface area (Å²) in [6.45, 7) is 1.90. The van der Waals surface area contributed by atoms with Crippen molar-refractivity contribution in [3.05, 3.63) is 70.4 Å². The first-order valence-corrected chi connectivity index (χ1v) is 12.4. The quantitative estimate of drug-likeness (QED) is 0.252. The number of nitrogens with zero attached hydrogens (tertiary/aromatic N) is 3. The second-order valence-corrected chi connectivity index (χ2v) is 9.55. The molecule has 2 aliphatic rings. The Balaban J connectivity index is 1.27. The summed E-state index contributed by atoms with van der Waals surface area (Å²) in [5.41, 5.74) is 3.44. The fraction of sp³-hybridized carbons (Fsp3) is 0.346. The second kappa shape index (κ2) is 11.0. The van der Waals surface area contributed by atoms with Gasteiger partial charge in [-0.2, -0.15) is 0 Å². The number of aliphatic hydroxyl groups excluding tert-OH is 2. The van der Waals surface area contributed by atoms with Gasteiger partial charge in [0, 0.05) is 30.8 Å². The number of anilines is 1. The summed E-state index contributed by atoms with van der Waals surface area (Å²) in [4.78, 5) is 23.6. The average molecular weight is 525 g/mol. The maximum atomic E-state index is 13.2. The van der Waals surface area contributed by atoms with Crippen molar-refractivity contribution in [2.75, 3.05) is 38.7 Å². The molecule has 2 atom stereocenters. The Morgan fingerprint density at radius 2 is 2.11 bits per heavy atom. The van der Waals surface area contributed by atoms with Crippen LogP contribution < -0.4 is 20.7 Å². The topological polar surface area (TPSA) is 132 Å². The maximum Gasteiger partial charge on any atom is 0.254 e. The number of amides is 1. The Morgan fingerprint density at radius 3 is 2.84 bits per heavy atom. The number of ether oxygens (including phenoxy) is 1. The van der Waals surface area contributed by atoms with E-state index in [1.807, 2.05) is 24.3 Å². The summed E-state index contributed by atoms with van der Waals surface area (Å²) in [6, 6.07) is 12.6. The molecule has 1 unspecified atom stereocenters. The number of aromatic nitrogens is 2. The highest BCUT2D eigenvalue weighted by molar-refractivity contribution is 6.33. The molecule has 1 amide bonds. The second-order valence-electron chi connectivity index (χ2n) is 9.14. The number of carbonyl (C=O) groups is 1. The van der Waals surface area contributed by atoms with Crippen LogP contribution in [-0.4, -0.2) is 76.6 Å². The standard InChI is InChI=1S/C26H29ClN6O4/c1-37-19-4-2-3-15(7-19)22(14-34)31-23(35)13-33-12-17-6-5-16(8-20(17)25(33)36)24-21(27)11-29-26(32-24)30-18-9-28-10-18/h2-8,11,18,22-23,28,31,34-35H,9-10,12-14H2,1H3,(H,29,30,32)/t22-,23?/m1/s1. The number of carbonyl (C=O) groups excluding carboxylic acids is 1. The molecule has 2 aliphatic heterocycles. The van der Waals surface area contributed by atoms with Crippen LogP contribution in [0.3, 0.4) is 0 Å². The van der Waals surface area contributed by atoms with E-state index in [1.54, 1.807) is 36.4 Å². The van der Waals surface area contributed by atoms with E-state index in [4.69, 9.17) is 16.3 Å². The summed E-state index contributed by atoms with van der Waals surface area (Å²) >= 11 is 6.40.